The molecule has 118 valence electrons. The van der Waals surface area contributed by atoms with Gasteiger partial charge in [-0.3, -0.25) is 9.59 Å². The Kier molecular flexibility index (Phi) is 3.86. The molecule has 1 atom stereocenters. The minimum Gasteiger partial charge on any atom is -0.373 e. The van der Waals surface area contributed by atoms with E-state index in [0.717, 1.165) is 21.7 Å². The number of aryl methyl sites for hydroxylation is 2. The molecule has 0 aliphatic carbocycles. The molecule has 2 amide bonds. The van der Waals surface area contributed by atoms with Crippen LogP contribution in [0.4, 0.5) is 15.8 Å². The first-order valence-electron chi connectivity index (χ1n) is 7.43. The van der Waals surface area contributed by atoms with E-state index in [0.29, 0.717) is 0 Å². The Morgan fingerprint density at radius 1 is 1.04 bits per heavy atom. The summed E-state index contributed by atoms with van der Waals surface area (Å²) in [6.07, 6.45) is 0.0148. The highest BCUT2D eigenvalue weighted by Crippen LogP contribution is 2.28. The average Bonchev–Trinajstić information content (AvgIpc) is 2.78. The molecule has 0 radical (unpaired) electrons. The molecule has 0 aromatic heterocycles. The van der Waals surface area contributed by atoms with Crippen LogP contribution in [0.2, 0.25) is 0 Å². The second-order valence-corrected chi connectivity index (χ2v) is 5.69. The topological polar surface area (TPSA) is 49.4 Å². The fourth-order valence-electron chi connectivity index (χ4n) is 2.85. The molecule has 1 fully saturated rings. The fraction of sp³-hybridized carbons (Fsp3) is 0.222. The summed E-state index contributed by atoms with van der Waals surface area (Å²) in [4.78, 5) is 25.7. The van der Waals surface area contributed by atoms with Crippen molar-refractivity contribution >= 4 is 23.2 Å². The van der Waals surface area contributed by atoms with Gasteiger partial charge in [0.05, 0.1) is 12.1 Å². The first-order chi connectivity index (χ1) is 11.0. The largest absolute Gasteiger partial charge is 0.373 e. The molecule has 1 heterocycles. The highest BCUT2D eigenvalue weighted by Gasteiger charge is 2.40. The van der Waals surface area contributed by atoms with Gasteiger partial charge in [-0.15, -0.1) is 0 Å². The van der Waals surface area contributed by atoms with E-state index < -0.39 is 23.7 Å². The molecule has 5 heteroatoms. The standard InChI is InChI=1S/C18H17FN2O2/c1-11-6-5-7-12(2)17(11)20-14-10-16(22)21(18(14)23)15-9-4-3-8-13(15)19/h3-9,14,20H,10H2,1-2H3/t14-/m0/s1. The van der Waals surface area contributed by atoms with Crippen LogP contribution in [0.15, 0.2) is 42.5 Å². The van der Waals surface area contributed by atoms with Crippen LogP contribution in [0.5, 0.6) is 0 Å². The average molecular weight is 312 g/mol. The lowest BCUT2D eigenvalue weighted by Gasteiger charge is -2.18. The third-order valence-corrected chi connectivity index (χ3v) is 4.04. The summed E-state index contributed by atoms with van der Waals surface area (Å²) in [5.74, 6) is -1.41. The lowest BCUT2D eigenvalue weighted by atomic mass is 10.1. The number of nitrogens with zero attached hydrogens (tertiary/aromatic N) is 1. The van der Waals surface area contributed by atoms with E-state index in [2.05, 4.69) is 5.32 Å². The van der Waals surface area contributed by atoms with Crippen LogP contribution in [0, 0.1) is 19.7 Å². The van der Waals surface area contributed by atoms with E-state index in [1.807, 2.05) is 32.0 Å². The van der Waals surface area contributed by atoms with Crippen molar-refractivity contribution in [1.82, 2.24) is 0 Å². The van der Waals surface area contributed by atoms with Gasteiger partial charge in [-0.2, -0.15) is 0 Å². The fourth-order valence-corrected chi connectivity index (χ4v) is 2.85. The monoisotopic (exact) mass is 312 g/mol. The number of hydrogen-bond acceptors (Lipinski definition) is 3. The number of amides is 2. The number of halogens is 1. The van der Waals surface area contributed by atoms with Gasteiger partial charge in [-0.05, 0) is 37.1 Å². The van der Waals surface area contributed by atoms with Crippen molar-refractivity contribution in [3.05, 3.63) is 59.4 Å². The van der Waals surface area contributed by atoms with E-state index in [1.165, 1.54) is 18.2 Å². The molecule has 1 N–H and O–H groups in total. The molecule has 4 nitrogen and oxygen atoms in total. The number of rotatable bonds is 3. The summed E-state index contributed by atoms with van der Waals surface area (Å²) >= 11 is 0. The lowest BCUT2D eigenvalue weighted by Crippen LogP contribution is -2.35. The quantitative estimate of drug-likeness (QED) is 0.886. The molecule has 0 saturated carbocycles. The third kappa shape index (κ3) is 2.70. The predicted molar refractivity (Wildman–Crippen MR) is 86.8 cm³/mol. The highest BCUT2D eigenvalue weighted by atomic mass is 19.1. The van der Waals surface area contributed by atoms with Gasteiger partial charge in [0.1, 0.15) is 11.9 Å². The molecule has 1 saturated heterocycles. The van der Waals surface area contributed by atoms with Gasteiger partial charge < -0.3 is 5.32 Å². The zero-order valence-electron chi connectivity index (χ0n) is 13.0. The van der Waals surface area contributed by atoms with Crippen LogP contribution in [0.3, 0.4) is 0 Å². The SMILES string of the molecule is Cc1cccc(C)c1N[C@H]1CC(=O)N(c2ccccc2F)C1=O. The van der Waals surface area contributed by atoms with Gasteiger partial charge in [-0.25, -0.2) is 9.29 Å². The van der Waals surface area contributed by atoms with Crippen molar-refractivity contribution in [2.75, 3.05) is 10.2 Å². The van der Waals surface area contributed by atoms with E-state index in [4.69, 9.17) is 0 Å². The molecule has 3 rings (SSSR count). The van der Waals surface area contributed by atoms with Gasteiger partial charge in [-0.1, -0.05) is 30.3 Å². The molecule has 23 heavy (non-hydrogen) atoms. The predicted octanol–water partition coefficient (Wildman–Crippen LogP) is 3.19. The number of para-hydroxylation sites is 2. The number of nitrogens with one attached hydrogen (secondary N) is 1. The van der Waals surface area contributed by atoms with Crippen molar-refractivity contribution in [1.29, 1.82) is 0 Å². The molecule has 1 aliphatic heterocycles. The van der Waals surface area contributed by atoms with Crippen LogP contribution in [-0.2, 0) is 9.59 Å². The van der Waals surface area contributed by atoms with Crippen molar-refractivity contribution in [3.63, 3.8) is 0 Å². The second kappa shape index (κ2) is 5.83. The number of carbonyl (C=O) groups excluding carboxylic acids is 2. The van der Waals surface area contributed by atoms with Crippen molar-refractivity contribution in [2.24, 2.45) is 0 Å². The van der Waals surface area contributed by atoms with Gasteiger partial charge in [0.2, 0.25) is 5.91 Å². The van der Waals surface area contributed by atoms with Crippen molar-refractivity contribution in [2.45, 2.75) is 26.3 Å². The summed E-state index contributed by atoms with van der Waals surface area (Å²) in [5.41, 5.74) is 2.84. The Hall–Kier alpha value is -2.69. The first-order valence-corrected chi connectivity index (χ1v) is 7.43. The molecule has 2 aromatic rings. The number of anilines is 2. The van der Waals surface area contributed by atoms with Crippen LogP contribution in [0.25, 0.3) is 0 Å². The number of benzene rings is 2. The normalized spacial score (nSPS) is 17.7. The van der Waals surface area contributed by atoms with Crippen LogP contribution >= 0.6 is 0 Å². The molecule has 1 aliphatic rings. The summed E-state index contributed by atoms with van der Waals surface area (Å²) in [6, 6.07) is 10.9. The minimum atomic E-state index is -0.679. The van der Waals surface area contributed by atoms with Gasteiger partial charge >= 0.3 is 0 Å². The smallest absolute Gasteiger partial charge is 0.256 e. The summed E-state index contributed by atoms with van der Waals surface area (Å²) in [7, 11) is 0. The Balaban J connectivity index is 1.89. The maximum absolute atomic E-state index is 13.9. The zero-order chi connectivity index (χ0) is 16.6. The zero-order valence-corrected chi connectivity index (χ0v) is 13.0. The minimum absolute atomic E-state index is 0.00769. The highest BCUT2D eigenvalue weighted by molar-refractivity contribution is 6.23. The summed E-state index contributed by atoms with van der Waals surface area (Å²) in [6.45, 7) is 3.87. The van der Waals surface area contributed by atoms with Crippen LogP contribution in [0.1, 0.15) is 17.5 Å². The Morgan fingerprint density at radius 2 is 1.70 bits per heavy atom. The van der Waals surface area contributed by atoms with E-state index in [9.17, 15) is 14.0 Å². The summed E-state index contributed by atoms with van der Waals surface area (Å²) in [5, 5.41) is 3.14. The van der Waals surface area contributed by atoms with Gasteiger partial charge in [0.15, 0.2) is 0 Å². The first kappa shape index (κ1) is 15.2. The number of hydrogen-bond donors (Lipinski definition) is 1. The van der Waals surface area contributed by atoms with Gasteiger partial charge in [0.25, 0.3) is 5.91 Å². The van der Waals surface area contributed by atoms with Crippen molar-refractivity contribution < 1.29 is 14.0 Å². The molecular formula is C18H17FN2O2. The van der Waals surface area contributed by atoms with E-state index in [-0.39, 0.29) is 12.1 Å². The lowest BCUT2D eigenvalue weighted by molar-refractivity contribution is -0.121. The number of imide groups is 1. The maximum atomic E-state index is 13.9. The maximum Gasteiger partial charge on any atom is 0.256 e. The van der Waals surface area contributed by atoms with Crippen LogP contribution in [-0.4, -0.2) is 17.9 Å². The Bertz CT molecular complexity index is 768. The summed E-state index contributed by atoms with van der Waals surface area (Å²) < 4.78 is 13.9. The molecule has 2 aromatic carbocycles. The van der Waals surface area contributed by atoms with Gasteiger partial charge in [0, 0.05) is 5.69 Å². The Morgan fingerprint density at radius 3 is 2.35 bits per heavy atom. The van der Waals surface area contributed by atoms with E-state index in [1.54, 1.807) is 6.07 Å². The molecule has 0 spiro atoms. The second-order valence-electron chi connectivity index (χ2n) is 5.69. The van der Waals surface area contributed by atoms with E-state index >= 15 is 0 Å². The number of carbonyl (C=O) groups is 2. The van der Waals surface area contributed by atoms with Crippen LogP contribution < -0.4 is 10.2 Å². The molecule has 0 bridgehead atoms. The molecule has 0 unspecified atom stereocenters. The third-order valence-electron chi connectivity index (χ3n) is 4.04. The Labute approximate surface area is 133 Å². The molecular weight excluding hydrogens is 295 g/mol. The van der Waals surface area contributed by atoms with Crippen molar-refractivity contribution in [3.8, 4) is 0 Å².